The maximum absolute atomic E-state index is 13.4. The molecule has 0 radical (unpaired) electrons. The summed E-state index contributed by atoms with van der Waals surface area (Å²) in [6, 6.07) is 5.31. The maximum Gasteiger partial charge on any atom is 0.326 e. The molecule has 1 aromatic carbocycles. The highest BCUT2D eigenvalue weighted by atomic mass is 16.4. The minimum atomic E-state index is -1.16. The predicted molar refractivity (Wildman–Crippen MR) is 147 cm³/mol. The Kier molecular flexibility index (Phi) is 15.9. The monoisotopic (exact) mass is 534 g/mol. The Bertz CT molecular complexity index is 869. The van der Waals surface area contributed by atoms with Gasteiger partial charge in [-0.15, -0.1) is 0 Å². The molecule has 38 heavy (non-hydrogen) atoms. The highest BCUT2D eigenvalue weighted by molar-refractivity contribution is 5.94. The van der Waals surface area contributed by atoms with Crippen molar-refractivity contribution in [1.29, 1.82) is 0 Å². The molecule has 0 aliphatic rings. The Morgan fingerprint density at radius 2 is 1.29 bits per heavy atom. The lowest BCUT2D eigenvalue weighted by molar-refractivity contribution is -0.142. The molecule has 11 heteroatoms. The minimum Gasteiger partial charge on any atom is -0.480 e. The number of carboxylic acid groups (broad SMARTS) is 1. The first-order chi connectivity index (χ1) is 18.1. The molecule has 0 heterocycles. The number of rotatable bonds is 19. The standard InChI is InChI=1S/C27H46N6O5/c1-3-18(2)23(30)26(36)33-22(17-19-11-5-4-6-12-19)25(35)31-20(13-7-9-15-28)24(34)32-21(27(37)38)14-8-10-16-29/h4-6,11-12,18,20-23H,3,7-10,13-17,28-30H2,1-2H3,(H,31,35)(H,32,34)(H,33,36)(H,37,38). The van der Waals surface area contributed by atoms with Crippen LogP contribution < -0.4 is 33.2 Å². The summed E-state index contributed by atoms with van der Waals surface area (Å²) in [6.45, 7) is 4.63. The lowest BCUT2D eigenvalue weighted by Gasteiger charge is -2.26. The zero-order valence-corrected chi connectivity index (χ0v) is 22.7. The van der Waals surface area contributed by atoms with E-state index in [1.54, 1.807) is 0 Å². The van der Waals surface area contributed by atoms with Gasteiger partial charge in [0.1, 0.15) is 18.1 Å². The van der Waals surface area contributed by atoms with Gasteiger partial charge in [0.05, 0.1) is 6.04 Å². The van der Waals surface area contributed by atoms with E-state index in [9.17, 15) is 24.3 Å². The van der Waals surface area contributed by atoms with Crippen molar-refractivity contribution in [3.8, 4) is 0 Å². The van der Waals surface area contributed by atoms with Crippen molar-refractivity contribution in [1.82, 2.24) is 16.0 Å². The summed E-state index contributed by atoms with van der Waals surface area (Å²) >= 11 is 0. The number of aliphatic carboxylic acids is 1. The van der Waals surface area contributed by atoms with E-state index < -0.39 is 47.9 Å². The molecule has 0 saturated carbocycles. The Hall–Kier alpha value is -3.02. The van der Waals surface area contributed by atoms with Gasteiger partial charge in [0.15, 0.2) is 0 Å². The third kappa shape index (κ3) is 12.0. The van der Waals surface area contributed by atoms with Crippen molar-refractivity contribution in [2.24, 2.45) is 23.1 Å². The number of amides is 3. The number of carbonyl (C=O) groups is 4. The van der Waals surface area contributed by atoms with Crippen molar-refractivity contribution in [3.05, 3.63) is 35.9 Å². The Labute approximate surface area is 225 Å². The molecule has 5 unspecified atom stereocenters. The summed E-state index contributed by atoms with van der Waals surface area (Å²) in [5.74, 6) is -2.85. The number of unbranched alkanes of at least 4 members (excludes halogenated alkanes) is 2. The van der Waals surface area contributed by atoms with E-state index in [0.717, 1.165) is 5.56 Å². The summed E-state index contributed by atoms with van der Waals surface area (Å²) in [4.78, 5) is 51.1. The molecule has 1 aromatic rings. The second-order valence-corrected chi connectivity index (χ2v) is 9.69. The van der Waals surface area contributed by atoms with Gasteiger partial charge in [-0.1, -0.05) is 50.6 Å². The van der Waals surface area contributed by atoms with Crippen molar-refractivity contribution in [2.75, 3.05) is 13.1 Å². The fourth-order valence-electron chi connectivity index (χ4n) is 3.90. The van der Waals surface area contributed by atoms with Gasteiger partial charge >= 0.3 is 5.97 Å². The third-order valence-corrected chi connectivity index (χ3v) is 6.62. The van der Waals surface area contributed by atoms with Crippen LogP contribution in [0.2, 0.25) is 0 Å². The summed E-state index contributed by atoms with van der Waals surface area (Å²) in [5, 5.41) is 17.6. The second kappa shape index (κ2) is 18.3. The highest BCUT2D eigenvalue weighted by Gasteiger charge is 2.31. The number of benzene rings is 1. The highest BCUT2D eigenvalue weighted by Crippen LogP contribution is 2.10. The van der Waals surface area contributed by atoms with Crippen molar-refractivity contribution in [3.63, 3.8) is 0 Å². The molecule has 0 aliphatic carbocycles. The first-order valence-corrected chi connectivity index (χ1v) is 13.5. The molecule has 0 aliphatic heterocycles. The fraction of sp³-hybridized carbons (Fsp3) is 0.630. The van der Waals surface area contributed by atoms with E-state index in [1.807, 2.05) is 44.2 Å². The van der Waals surface area contributed by atoms with E-state index in [0.29, 0.717) is 45.2 Å². The topological polar surface area (TPSA) is 203 Å². The van der Waals surface area contributed by atoms with Gasteiger partial charge in [0.25, 0.3) is 0 Å². The summed E-state index contributed by atoms with van der Waals surface area (Å²) in [7, 11) is 0. The van der Waals surface area contributed by atoms with E-state index in [2.05, 4.69) is 16.0 Å². The van der Waals surface area contributed by atoms with Gasteiger partial charge in [-0.05, 0) is 63.1 Å². The van der Waals surface area contributed by atoms with Crippen LogP contribution in [-0.4, -0.2) is 66.1 Å². The largest absolute Gasteiger partial charge is 0.480 e. The molecule has 214 valence electrons. The van der Waals surface area contributed by atoms with Gasteiger partial charge in [0, 0.05) is 6.42 Å². The second-order valence-electron chi connectivity index (χ2n) is 9.69. The first kappa shape index (κ1) is 33.0. The van der Waals surface area contributed by atoms with Crippen molar-refractivity contribution in [2.45, 2.75) is 89.4 Å². The number of nitrogens with two attached hydrogens (primary N) is 3. The molecule has 5 atom stereocenters. The Morgan fingerprint density at radius 3 is 1.82 bits per heavy atom. The summed E-state index contributed by atoms with van der Waals surface area (Å²) in [5.41, 5.74) is 18.0. The van der Waals surface area contributed by atoms with Crippen LogP contribution in [-0.2, 0) is 25.6 Å². The molecule has 3 amide bonds. The number of nitrogens with one attached hydrogen (secondary N) is 3. The summed E-state index contributed by atoms with van der Waals surface area (Å²) < 4.78 is 0. The van der Waals surface area contributed by atoms with Crippen molar-refractivity contribution < 1.29 is 24.3 Å². The van der Waals surface area contributed by atoms with Gasteiger partial charge < -0.3 is 38.3 Å². The average molecular weight is 535 g/mol. The van der Waals surface area contributed by atoms with Gasteiger partial charge in [-0.25, -0.2) is 4.79 Å². The maximum atomic E-state index is 13.4. The lowest BCUT2D eigenvalue weighted by atomic mass is 9.98. The van der Waals surface area contributed by atoms with E-state index in [-0.39, 0.29) is 25.2 Å². The van der Waals surface area contributed by atoms with Crippen LogP contribution >= 0.6 is 0 Å². The quantitative estimate of drug-likeness (QED) is 0.123. The van der Waals surface area contributed by atoms with Gasteiger partial charge in [-0.2, -0.15) is 0 Å². The number of hydrogen-bond acceptors (Lipinski definition) is 7. The zero-order valence-electron chi connectivity index (χ0n) is 22.7. The molecule has 0 spiro atoms. The molecule has 0 saturated heterocycles. The molecular formula is C27H46N6O5. The van der Waals surface area contributed by atoms with Crippen LogP contribution in [0.25, 0.3) is 0 Å². The zero-order chi connectivity index (χ0) is 28.5. The smallest absolute Gasteiger partial charge is 0.326 e. The molecular weight excluding hydrogens is 488 g/mol. The SMILES string of the molecule is CCC(C)C(N)C(=O)NC(Cc1ccccc1)C(=O)NC(CCCCN)C(=O)NC(CCCCN)C(=O)O. The molecule has 10 N–H and O–H groups in total. The van der Waals surface area contributed by atoms with Gasteiger partial charge in [0.2, 0.25) is 17.7 Å². The molecule has 0 fully saturated rings. The molecule has 0 aromatic heterocycles. The van der Waals surface area contributed by atoms with Crippen LogP contribution in [0.5, 0.6) is 0 Å². The van der Waals surface area contributed by atoms with Crippen LogP contribution in [0.3, 0.4) is 0 Å². The lowest BCUT2D eigenvalue weighted by Crippen LogP contribution is -2.58. The predicted octanol–water partition coefficient (Wildman–Crippen LogP) is 0.400. The van der Waals surface area contributed by atoms with E-state index >= 15 is 0 Å². The average Bonchev–Trinajstić information content (AvgIpc) is 2.91. The minimum absolute atomic E-state index is 0.0857. The van der Waals surface area contributed by atoms with Crippen LogP contribution in [0, 0.1) is 5.92 Å². The normalized spacial score (nSPS) is 15.0. The van der Waals surface area contributed by atoms with Crippen LogP contribution in [0.15, 0.2) is 30.3 Å². The van der Waals surface area contributed by atoms with E-state index in [1.165, 1.54) is 0 Å². The van der Waals surface area contributed by atoms with Gasteiger partial charge in [-0.3, -0.25) is 14.4 Å². The number of carbonyl (C=O) groups excluding carboxylic acids is 3. The summed E-state index contributed by atoms with van der Waals surface area (Å²) in [6.07, 6.45) is 3.74. The molecule has 1 rings (SSSR count). The van der Waals surface area contributed by atoms with Crippen LogP contribution in [0.1, 0.15) is 64.4 Å². The Morgan fingerprint density at radius 1 is 0.789 bits per heavy atom. The van der Waals surface area contributed by atoms with Crippen LogP contribution in [0.4, 0.5) is 0 Å². The first-order valence-electron chi connectivity index (χ1n) is 13.5. The Balaban J connectivity index is 3.09. The molecule has 11 nitrogen and oxygen atoms in total. The van der Waals surface area contributed by atoms with E-state index in [4.69, 9.17) is 17.2 Å². The van der Waals surface area contributed by atoms with Crippen molar-refractivity contribution >= 4 is 23.7 Å². The number of hydrogen-bond donors (Lipinski definition) is 7. The fourth-order valence-corrected chi connectivity index (χ4v) is 3.90. The number of carboxylic acids is 1. The third-order valence-electron chi connectivity index (χ3n) is 6.62. The molecule has 0 bridgehead atoms.